The number of nitrogen functional groups attached to an aromatic ring is 1. The summed E-state index contributed by atoms with van der Waals surface area (Å²) in [6.07, 6.45) is 2.53. The van der Waals surface area contributed by atoms with Crippen LogP contribution in [0.5, 0.6) is 0 Å². The Morgan fingerprint density at radius 1 is 1.60 bits per heavy atom. The minimum Gasteiger partial charge on any atom is -0.398 e. The van der Waals surface area contributed by atoms with Crippen LogP contribution in [0.4, 0.5) is 5.69 Å². The SMILES string of the molecule is C=CCCNC(=O)c1cc(C)ccc1N. The van der Waals surface area contributed by atoms with E-state index >= 15 is 0 Å². The van der Waals surface area contributed by atoms with E-state index in [-0.39, 0.29) is 5.91 Å². The standard InChI is InChI=1S/C12H16N2O/c1-3-4-7-14-12(15)10-8-9(2)5-6-11(10)13/h3,5-6,8H,1,4,7,13H2,2H3,(H,14,15). The third-order valence-corrected chi connectivity index (χ3v) is 2.09. The molecular weight excluding hydrogens is 188 g/mol. The number of nitrogens with one attached hydrogen (secondary N) is 1. The highest BCUT2D eigenvalue weighted by Gasteiger charge is 2.08. The van der Waals surface area contributed by atoms with Crippen molar-refractivity contribution in [3.63, 3.8) is 0 Å². The van der Waals surface area contributed by atoms with Crippen LogP contribution in [0.25, 0.3) is 0 Å². The molecule has 0 aromatic heterocycles. The number of hydrogen-bond acceptors (Lipinski definition) is 2. The van der Waals surface area contributed by atoms with Crippen LogP contribution < -0.4 is 11.1 Å². The number of aryl methyl sites for hydroxylation is 1. The molecule has 0 saturated heterocycles. The first-order valence-corrected chi connectivity index (χ1v) is 4.90. The van der Waals surface area contributed by atoms with Crippen LogP contribution in [0.1, 0.15) is 22.3 Å². The van der Waals surface area contributed by atoms with Crippen LogP contribution in [-0.4, -0.2) is 12.5 Å². The van der Waals surface area contributed by atoms with Gasteiger partial charge in [0.1, 0.15) is 0 Å². The van der Waals surface area contributed by atoms with Crippen molar-refractivity contribution in [1.29, 1.82) is 0 Å². The van der Waals surface area contributed by atoms with E-state index in [9.17, 15) is 4.79 Å². The Morgan fingerprint density at radius 3 is 3.00 bits per heavy atom. The van der Waals surface area contributed by atoms with E-state index in [0.717, 1.165) is 12.0 Å². The number of rotatable bonds is 4. The summed E-state index contributed by atoms with van der Waals surface area (Å²) in [6, 6.07) is 5.42. The molecule has 0 aliphatic carbocycles. The summed E-state index contributed by atoms with van der Waals surface area (Å²) < 4.78 is 0. The van der Waals surface area contributed by atoms with Gasteiger partial charge in [-0.15, -0.1) is 6.58 Å². The Labute approximate surface area is 90.0 Å². The van der Waals surface area contributed by atoms with Crippen molar-refractivity contribution in [2.75, 3.05) is 12.3 Å². The summed E-state index contributed by atoms with van der Waals surface area (Å²) in [4.78, 5) is 11.7. The van der Waals surface area contributed by atoms with Crippen LogP contribution in [0.3, 0.4) is 0 Å². The predicted molar refractivity (Wildman–Crippen MR) is 62.7 cm³/mol. The van der Waals surface area contributed by atoms with Gasteiger partial charge < -0.3 is 11.1 Å². The van der Waals surface area contributed by atoms with Crippen LogP contribution in [0.2, 0.25) is 0 Å². The van der Waals surface area contributed by atoms with Crippen molar-refractivity contribution in [3.8, 4) is 0 Å². The van der Waals surface area contributed by atoms with Crippen molar-refractivity contribution in [2.24, 2.45) is 0 Å². The summed E-state index contributed by atoms with van der Waals surface area (Å²) in [5, 5.41) is 2.78. The zero-order chi connectivity index (χ0) is 11.3. The molecular formula is C12H16N2O. The Kier molecular flexibility index (Phi) is 3.92. The topological polar surface area (TPSA) is 55.1 Å². The summed E-state index contributed by atoms with van der Waals surface area (Å²) in [5.74, 6) is -0.127. The van der Waals surface area contributed by atoms with Gasteiger partial charge >= 0.3 is 0 Å². The van der Waals surface area contributed by atoms with Gasteiger partial charge in [0.05, 0.1) is 5.56 Å². The molecule has 0 aliphatic rings. The molecule has 15 heavy (non-hydrogen) atoms. The molecule has 3 N–H and O–H groups in total. The lowest BCUT2D eigenvalue weighted by Gasteiger charge is -2.07. The maximum absolute atomic E-state index is 11.7. The normalized spacial score (nSPS) is 9.67. The van der Waals surface area contributed by atoms with Crippen LogP contribution >= 0.6 is 0 Å². The van der Waals surface area contributed by atoms with Gasteiger partial charge in [-0.1, -0.05) is 17.7 Å². The molecule has 0 radical (unpaired) electrons. The van der Waals surface area contributed by atoms with E-state index in [1.807, 2.05) is 13.0 Å². The van der Waals surface area contributed by atoms with Crippen LogP contribution in [0, 0.1) is 6.92 Å². The fourth-order valence-electron chi connectivity index (χ4n) is 1.25. The second-order valence-corrected chi connectivity index (χ2v) is 3.42. The van der Waals surface area contributed by atoms with E-state index in [1.165, 1.54) is 0 Å². The van der Waals surface area contributed by atoms with Crippen molar-refractivity contribution in [2.45, 2.75) is 13.3 Å². The lowest BCUT2D eigenvalue weighted by molar-refractivity contribution is 0.0955. The molecule has 3 heteroatoms. The minimum absolute atomic E-state index is 0.127. The third kappa shape index (κ3) is 3.13. The molecule has 80 valence electrons. The van der Waals surface area contributed by atoms with E-state index in [2.05, 4.69) is 11.9 Å². The first-order chi connectivity index (χ1) is 7.15. The fraction of sp³-hybridized carbons (Fsp3) is 0.250. The molecule has 1 amide bonds. The number of carbonyl (C=O) groups is 1. The molecule has 1 rings (SSSR count). The quantitative estimate of drug-likeness (QED) is 0.447. The molecule has 1 aromatic rings. The second kappa shape index (κ2) is 5.20. The zero-order valence-electron chi connectivity index (χ0n) is 8.92. The number of anilines is 1. The van der Waals surface area contributed by atoms with E-state index in [4.69, 9.17) is 5.73 Å². The highest BCUT2D eigenvalue weighted by Crippen LogP contribution is 2.13. The Balaban J connectivity index is 2.72. The van der Waals surface area contributed by atoms with Gasteiger partial charge in [0.15, 0.2) is 0 Å². The first kappa shape index (κ1) is 11.3. The Morgan fingerprint density at radius 2 is 2.33 bits per heavy atom. The molecule has 0 fully saturated rings. The molecule has 1 aromatic carbocycles. The zero-order valence-corrected chi connectivity index (χ0v) is 8.92. The highest BCUT2D eigenvalue weighted by molar-refractivity contribution is 5.99. The first-order valence-electron chi connectivity index (χ1n) is 4.90. The van der Waals surface area contributed by atoms with Crippen molar-refractivity contribution in [3.05, 3.63) is 42.0 Å². The molecule has 0 unspecified atom stereocenters. The molecule has 0 heterocycles. The van der Waals surface area contributed by atoms with Gasteiger partial charge in [0, 0.05) is 12.2 Å². The van der Waals surface area contributed by atoms with Gasteiger partial charge in [-0.3, -0.25) is 4.79 Å². The average Bonchev–Trinajstić information content (AvgIpc) is 2.22. The molecule has 0 bridgehead atoms. The minimum atomic E-state index is -0.127. The van der Waals surface area contributed by atoms with Crippen molar-refractivity contribution < 1.29 is 4.79 Å². The summed E-state index contributed by atoms with van der Waals surface area (Å²) in [5.41, 5.74) is 7.79. The molecule has 0 saturated carbocycles. The summed E-state index contributed by atoms with van der Waals surface area (Å²) in [6.45, 7) is 6.11. The lowest BCUT2D eigenvalue weighted by atomic mass is 10.1. The number of carbonyl (C=O) groups excluding carboxylic acids is 1. The predicted octanol–water partition coefficient (Wildman–Crippen LogP) is 1.88. The van der Waals surface area contributed by atoms with Crippen molar-refractivity contribution in [1.82, 2.24) is 5.32 Å². The van der Waals surface area contributed by atoms with Crippen LogP contribution in [-0.2, 0) is 0 Å². The number of amides is 1. The van der Waals surface area contributed by atoms with Gasteiger partial charge in [0.25, 0.3) is 5.91 Å². The highest BCUT2D eigenvalue weighted by atomic mass is 16.1. The Hall–Kier alpha value is -1.77. The lowest BCUT2D eigenvalue weighted by Crippen LogP contribution is -2.25. The van der Waals surface area contributed by atoms with Gasteiger partial charge in [-0.2, -0.15) is 0 Å². The van der Waals surface area contributed by atoms with Gasteiger partial charge in [0.2, 0.25) is 0 Å². The number of nitrogens with two attached hydrogens (primary N) is 1. The summed E-state index contributed by atoms with van der Waals surface area (Å²) in [7, 11) is 0. The largest absolute Gasteiger partial charge is 0.398 e. The maximum atomic E-state index is 11.7. The Bertz CT molecular complexity index is 372. The van der Waals surface area contributed by atoms with Crippen molar-refractivity contribution >= 4 is 11.6 Å². The summed E-state index contributed by atoms with van der Waals surface area (Å²) >= 11 is 0. The monoisotopic (exact) mass is 204 g/mol. The number of hydrogen-bond donors (Lipinski definition) is 2. The van der Waals surface area contributed by atoms with E-state index < -0.39 is 0 Å². The molecule has 3 nitrogen and oxygen atoms in total. The second-order valence-electron chi connectivity index (χ2n) is 3.42. The van der Waals surface area contributed by atoms with Crippen LogP contribution in [0.15, 0.2) is 30.9 Å². The smallest absolute Gasteiger partial charge is 0.253 e. The molecule has 0 spiro atoms. The third-order valence-electron chi connectivity index (χ3n) is 2.09. The number of benzene rings is 1. The van der Waals surface area contributed by atoms with E-state index in [0.29, 0.717) is 17.8 Å². The van der Waals surface area contributed by atoms with Gasteiger partial charge in [-0.25, -0.2) is 0 Å². The fourth-order valence-corrected chi connectivity index (χ4v) is 1.25. The molecule has 0 aliphatic heterocycles. The average molecular weight is 204 g/mol. The maximum Gasteiger partial charge on any atom is 0.253 e. The van der Waals surface area contributed by atoms with E-state index in [1.54, 1.807) is 18.2 Å². The van der Waals surface area contributed by atoms with Gasteiger partial charge in [-0.05, 0) is 25.5 Å². The molecule has 0 atom stereocenters.